The predicted octanol–water partition coefficient (Wildman–Crippen LogP) is 4.32. The molecule has 0 aliphatic carbocycles. The molecule has 0 radical (unpaired) electrons. The number of benzene rings is 2. The number of aromatic nitrogens is 2. The van der Waals surface area contributed by atoms with Crippen LogP contribution in [0.25, 0.3) is 33.6 Å². The molecule has 6 nitrogen and oxygen atoms in total. The Morgan fingerprint density at radius 1 is 1.00 bits per heavy atom. The van der Waals surface area contributed by atoms with Crippen LogP contribution in [0.15, 0.2) is 70.1 Å². The first-order valence-corrected chi connectivity index (χ1v) is 10.3. The molecule has 6 heteroatoms. The SMILES string of the molecule is O=c1[nH]cnc2oc(-c3ccc(OCCN4CCCC4)cc3)c(-c3ccccc3)c12. The van der Waals surface area contributed by atoms with E-state index >= 15 is 0 Å². The van der Waals surface area contributed by atoms with Crippen molar-refractivity contribution in [3.8, 4) is 28.2 Å². The molecule has 4 aromatic rings. The van der Waals surface area contributed by atoms with Gasteiger partial charge in [-0.3, -0.25) is 9.69 Å². The van der Waals surface area contributed by atoms with Crippen LogP contribution in [0, 0.1) is 0 Å². The smallest absolute Gasteiger partial charge is 0.262 e. The zero-order chi connectivity index (χ0) is 20.3. The monoisotopic (exact) mass is 401 g/mol. The van der Waals surface area contributed by atoms with Gasteiger partial charge in [0.15, 0.2) is 0 Å². The number of H-pyrrole nitrogens is 1. The Bertz CT molecular complexity index is 1190. The highest BCUT2D eigenvalue weighted by molar-refractivity contribution is 5.99. The first kappa shape index (κ1) is 18.6. The molecule has 0 saturated carbocycles. The van der Waals surface area contributed by atoms with E-state index in [0.717, 1.165) is 29.0 Å². The molecule has 2 aromatic heterocycles. The average Bonchev–Trinajstić information content (AvgIpc) is 3.43. The lowest BCUT2D eigenvalue weighted by atomic mass is 10.00. The third-order valence-corrected chi connectivity index (χ3v) is 5.55. The van der Waals surface area contributed by atoms with E-state index in [2.05, 4.69) is 14.9 Å². The molecular formula is C24H23N3O3. The average molecular weight is 401 g/mol. The first-order chi connectivity index (χ1) is 14.8. The summed E-state index contributed by atoms with van der Waals surface area (Å²) in [4.78, 5) is 21.8. The van der Waals surface area contributed by atoms with Crippen LogP contribution in [-0.2, 0) is 0 Å². The summed E-state index contributed by atoms with van der Waals surface area (Å²) in [5, 5.41) is 0.463. The van der Waals surface area contributed by atoms with Crippen LogP contribution in [0.1, 0.15) is 12.8 Å². The van der Waals surface area contributed by atoms with Crippen LogP contribution in [0.5, 0.6) is 5.75 Å². The van der Waals surface area contributed by atoms with Crippen molar-refractivity contribution in [3.63, 3.8) is 0 Å². The van der Waals surface area contributed by atoms with E-state index in [4.69, 9.17) is 9.15 Å². The van der Waals surface area contributed by atoms with Crippen LogP contribution in [0.3, 0.4) is 0 Å². The van der Waals surface area contributed by atoms with Crippen molar-refractivity contribution < 1.29 is 9.15 Å². The highest BCUT2D eigenvalue weighted by Crippen LogP contribution is 2.38. The molecule has 152 valence electrons. The Labute approximate surface area is 174 Å². The molecule has 1 saturated heterocycles. The second kappa shape index (κ2) is 8.16. The summed E-state index contributed by atoms with van der Waals surface area (Å²) in [6, 6.07) is 17.6. The maximum absolute atomic E-state index is 12.5. The molecule has 0 amide bonds. The normalized spacial score (nSPS) is 14.4. The summed E-state index contributed by atoms with van der Waals surface area (Å²) < 4.78 is 11.9. The molecule has 1 fully saturated rings. The van der Waals surface area contributed by atoms with Gasteiger partial charge in [0.25, 0.3) is 5.56 Å². The van der Waals surface area contributed by atoms with Crippen molar-refractivity contribution >= 4 is 11.1 Å². The van der Waals surface area contributed by atoms with Gasteiger partial charge in [-0.2, -0.15) is 0 Å². The summed E-state index contributed by atoms with van der Waals surface area (Å²) in [6.07, 6.45) is 3.94. The van der Waals surface area contributed by atoms with Gasteiger partial charge in [-0.1, -0.05) is 30.3 Å². The predicted molar refractivity (Wildman–Crippen MR) is 117 cm³/mol. The van der Waals surface area contributed by atoms with E-state index in [9.17, 15) is 4.79 Å². The van der Waals surface area contributed by atoms with E-state index in [1.54, 1.807) is 0 Å². The van der Waals surface area contributed by atoms with Gasteiger partial charge < -0.3 is 14.1 Å². The molecule has 1 aliphatic heterocycles. The summed E-state index contributed by atoms with van der Waals surface area (Å²) >= 11 is 0. The van der Waals surface area contributed by atoms with Crippen molar-refractivity contribution in [1.82, 2.24) is 14.9 Å². The number of fused-ring (bicyclic) bond motifs is 1. The van der Waals surface area contributed by atoms with E-state index in [1.165, 1.54) is 32.3 Å². The zero-order valence-corrected chi connectivity index (χ0v) is 16.6. The van der Waals surface area contributed by atoms with E-state index in [-0.39, 0.29) is 5.56 Å². The van der Waals surface area contributed by atoms with Gasteiger partial charge in [0, 0.05) is 17.7 Å². The van der Waals surface area contributed by atoms with Gasteiger partial charge in [-0.15, -0.1) is 0 Å². The molecule has 1 aliphatic rings. The standard InChI is InChI=1S/C24H23N3O3/c28-23-21-20(17-6-2-1-3-7-17)22(30-24(21)26-16-25-23)18-8-10-19(11-9-18)29-15-14-27-12-4-5-13-27/h1-3,6-11,16H,4-5,12-15H2,(H,25,26,28). The highest BCUT2D eigenvalue weighted by Gasteiger charge is 2.21. The summed E-state index contributed by atoms with van der Waals surface area (Å²) in [5.41, 5.74) is 2.66. The van der Waals surface area contributed by atoms with E-state index < -0.39 is 0 Å². The summed E-state index contributed by atoms with van der Waals surface area (Å²) in [5.74, 6) is 1.45. The van der Waals surface area contributed by atoms with Crippen molar-refractivity contribution in [3.05, 3.63) is 71.3 Å². The lowest BCUT2D eigenvalue weighted by molar-refractivity contribution is 0.238. The molecule has 3 heterocycles. The summed E-state index contributed by atoms with van der Waals surface area (Å²) in [7, 11) is 0. The van der Waals surface area contributed by atoms with Gasteiger partial charge in [-0.05, 0) is 55.8 Å². The molecule has 1 N–H and O–H groups in total. The molecule has 0 unspecified atom stereocenters. The Morgan fingerprint density at radius 2 is 1.77 bits per heavy atom. The van der Waals surface area contributed by atoms with Gasteiger partial charge >= 0.3 is 0 Å². The number of rotatable bonds is 6. The minimum absolute atomic E-state index is 0.212. The number of hydrogen-bond acceptors (Lipinski definition) is 5. The van der Waals surface area contributed by atoms with Crippen LogP contribution in [0.2, 0.25) is 0 Å². The van der Waals surface area contributed by atoms with Crippen molar-refractivity contribution in [2.45, 2.75) is 12.8 Å². The fourth-order valence-electron chi connectivity index (χ4n) is 4.03. The fourth-order valence-corrected chi connectivity index (χ4v) is 4.03. The van der Waals surface area contributed by atoms with Crippen LogP contribution < -0.4 is 10.3 Å². The van der Waals surface area contributed by atoms with Gasteiger partial charge in [-0.25, -0.2) is 4.98 Å². The Hall–Kier alpha value is -3.38. The zero-order valence-electron chi connectivity index (χ0n) is 16.6. The minimum Gasteiger partial charge on any atom is -0.492 e. The van der Waals surface area contributed by atoms with Gasteiger partial charge in [0.1, 0.15) is 23.5 Å². The summed E-state index contributed by atoms with van der Waals surface area (Å²) in [6.45, 7) is 3.98. The van der Waals surface area contributed by atoms with E-state index in [1.807, 2.05) is 54.6 Å². The molecule has 2 aromatic carbocycles. The largest absolute Gasteiger partial charge is 0.492 e. The third-order valence-electron chi connectivity index (χ3n) is 5.55. The number of likely N-dealkylation sites (tertiary alicyclic amines) is 1. The third kappa shape index (κ3) is 3.62. The number of aromatic amines is 1. The number of nitrogens with one attached hydrogen (secondary N) is 1. The van der Waals surface area contributed by atoms with E-state index in [0.29, 0.717) is 23.5 Å². The number of furan rings is 1. The second-order valence-corrected chi connectivity index (χ2v) is 7.51. The quantitative estimate of drug-likeness (QED) is 0.521. The Balaban J connectivity index is 1.46. The molecule has 0 spiro atoms. The van der Waals surface area contributed by atoms with Crippen LogP contribution in [0.4, 0.5) is 0 Å². The molecule has 30 heavy (non-hydrogen) atoms. The first-order valence-electron chi connectivity index (χ1n) is 10.3. The highest BCUT2D eigenvalue weighted by atomic mass is 16.5. The molecular weight excluding hydrogens is 378 g/mol. The Kier molecular flexibility index (Phi) is 5.07. The topological polar surface area (TPSA) is 71.4 Å². The number of nitrogens with zero attached hydrogens (tertiary/aromatic N) is 2. The fraction of sp³-hybridized carbons (Fsp3) is 0.250. The van der Waals surface area contributed by atoms with Gasteiger partial charge in [0.2, 0.25) is 5.71 Å². The number of hydrogen-bond donors (Lipinski definition) is 1. The van der Waals surface area contributed by atoms with Crippen molar-refractivity contribution in [2.75, 3.05) is 26.2 Å². The maximum Gasteiger partial charge on any atom is 0.262 e. The maximum atomic E-state index is 12.5. The van der Waals surface area contributed by atoms with Crippen LogP contribution in [-0.4, -0.2) is 41.1 Å². The minimum atomic E-state index is -0.212. The van der Waals surface area contributed by atoms with Gasteiger partial charge in [0.05, 0.1) is 6.33 Å². The number of ether oxygens (including phenoxy) is 1. The van der Waals surface area contributed by atoms with Crippen LogP contribution >= 0.6 is 0 Å². The molecule has 0 bridgehead atoms. The van der Waals surface area contributed by atoms with Crippen molar-refractivity contribution in [2.24, 2.45) is 0 Å². The molecule has 0 atom stereocenters. The molecule has 5 rings (SSSR count). The van der Waals surface area contributed by atoms with Crippen molar-refractivity contribution in [1.29, 1.82) is 0 Å². The lowest BCUT2D eigenvalue weighted by Gasteiger charge is -2.15. The second-order valence-electron chi connectivity index (χ2n) is 7.51. The Morgan fingerprint density at radius 3 is 2.53 bits per heavy atom. The lowest BCUT2D eigenvalue weighted by Crippen LogP contribution is -2.25.